The molecule has 2 heterocycles. The molecule has 1 aliphatic heterocycles. The summed E-state index contributed by atoms with van der Waals surface area (Å²) in [5.41, 5.74) is 1.86. The Morgan fingerprint density at radius 2 is 2.19 bits per heavy atom. The summed E-state index contributed by atoms with van der Waals surface area (Å²) in [6.45, 7) is 1.59. The third-order valence-electron chi connectivity index (χ3n) is 4.75. The summed E-state index contributed by atoms with van der Waals surface area (Å²) in [6.07, 6.45) is 6.41. The van der Waals surface area contributed by atoms with Crippen molar-refractivity contribution in [2.45, 2.75) is 37.8 Å². The van der Waals surface area contributed by atoms with Crippen molar-refractivity contribution in [3.05, 3.63) is 36.0 Å². The Hall–Kier alpha value is -1.81. The lowest BCUT2D eigenvalue weighted by Crippen LogP contribution is -2.43. The maximum Gasteiger partial charge on any atom is 0.254 e. The number of amides is 1. The van der Waals surface area contributed by atoms with E-state index in [0.29, 0.717) is 0 Å². The van der Waals surface area contributed by atoms with Crippen LogP contribution in [0, 0.1) is 0 Å². The van der Waals surface area contributed by atoms with Gasteiger partial charge in [0.2, 0.25) is 0 Å². The molecule has 1 aliphatic carbocycles. The molecule has 2 atom stereocenters. The van der Waals surface area contributed by atoms with Crippen LogP contribution in [0.1, 0.15) is 36.0 Å². The molecule has 1 N–H and O–H groups in total. The number of carbonyl (C=O) groups is 1. The third kappa shape index (κ3) is 2.23. The van der Waals surface area contributed by atoms with E-state index < -0.39 is 0 Å². The number of benzene rings is 1. The van der Waals surface area contributed by atoms with E-state index in [0.717, 1.165) is 55.3 Å². The van der Waals surface area contributed by atoms with Gasteiger partial charge in [-0.3, -0.25) is 4.79 Å². The van der Waals surface area contributed by atoms with E-state index in [1.807, 2.05) is 30.5 Å². The molecule has 0 radical (unpaired) electrons. The largest absolute Gasteiger partial charge is 0.376 e. The molecule has 1 aromatic carbocycles. The van der Waals surface area contributed by atoms with Crippen LogP contribution in [-0.2, 0) is 4.74 Å². The van der Waals surface area contributed by atoms with Crippen LogP contribution in [0.15, 0.2) is 30.5 Å². The number of H-pyrrole nitrogens is 1. The van der Waals surface area contributed by atoms with E-state index in [1.54, 1.807) is 0 Å². The molecule has 4 heteroatoms. The average Bonchev–Trinajstić information content (AvgIpc) is 3.11. The van der Waals surface area contributed by atoms with Gasteiger partial charge in [0.05, 0.1) is 12.1 Å². The molecule has 2 aliphatic rings. The van der Waals surface area contributed by atoms with Crippen molar-refractivity contribution in [2.75, 3.05) is 13.2 Å². The summed E-state index contributed by atoms with van der Waals surface area (Å²) in [6, 6.07) is 8.18. The van der Waals surface area contributed by atoms with Gasteiger partial charge in [0.1, 0.15) is 0 Å². The Balaban J connectivity index is 1.65. The van der Waals surface area contributed by atoms with Gasteiger partial charge < -0.3 is 14.6 Å². The molecule has 1 saturated carbocycles. The van der Waals surface area contributed by atoms with Gasteiger partial charge in [0, 0.05) is 35.8 Å². The molecule has 0 unspecified atom stereocenters. The number of aromatic amines is 1. The van der Waals surface area contributed by atoms with Crippen molar-refractivity contribution in [2.24, 2.45) is 0 Å². The van der Waals surface area contributed by atoms with Crippen LogP contribution in [0.3, 0.4) is 0 Å². The molecule has 0 spiro atoms. The predicted octanol–water partition coefficient (Wildman–Crippen LogP) is 2.95. The second kappa shape index (κ2) is 5.19. The number of aromatic nitrogens is 1. The molecule has 1 aromatic heterocycles. The summed E-state index contributed by atoms with van der Waals surface area (Å²) < 4.78 is 5.90. The Labute approximate surface area is 124 Å². The highest BCUT2D eigenvalue weighted by Gasteiger charge is 2.37. The number of hydrogen-bond donors (Lipinski definition) is 1. The molecule has 110 valence electrons. The number of nitrogens with one attached hydrogen (secondary N) is 1. The maximum atomic E-state index is 12.9. The number of fused-ring (bicyclic) bond motifs is 2. The number of hydrogen-bond acceptors (Lipinski definition) is 2. The van der Waals surface area contributed by atoms with E-state index in [1.165, 1.54) is 0 Å². The second-order valence-electron chi connectivity index (χ2n) is 6.04. The van der Waals surface area contributed by atoms with Gasteiger partial charge in [0.25, 0.3) is 5.91 Å². The number of ether oxygens (including phenoxy) is 1. The lowest BCUT2D eigenvalue weighted by atomic mass is 10.1. The molecular formula is C17H20N2O2. The van der Waals surface area contributed by atoms with Crippen LogP contribution in [0.4, 0.5) is 0 Å². The van der Waals surface area contributed by atoms with Gasteiger partial charge in [-0.25, -0.2) is 0 Å². The summed E-state index contributed by atoms with van der Waals surface area (Å²) in [5.74, 6) is 0.153. The molecule has 2 aromatic rings. The second-order valence-corrected chi connectivity index (χ2v) is 6.04. The first-order chi connectivity index (χ1) is 10.3. The minimum absolute atomic E-state index is 0.153. The number of rotatable bonds is 1. The summed E-state index contributed by atoms with van der Waals surface area (Å²) >= 11 is 0. The highest BCUT2D eigenvalue weighted by Crippen LogP contribution is 2.30. The summed E-state index contributed by atoms with van der Waals surface area (Å²) in [7, 11) is 0. The van der Waals surface area contributed by atoms with Crippen molar-refractivity contribution >= 4 is 16.8 Å². The lowest BCUT2D eigenvalue weighted by molar-refractivity contribution is 0.0297. The molecule has 2 fully saturated rings. The van der Waals surface area contributed by atoms with Gasteiger partial charge in [-0.1, -0.05) is 0 Å². The van der Waals surface area contributed by atoms with Gasteiger partial charge in [-0.05, 0) is 49.9 Å². The summed E-state index contributed by atoms with van der Waals surface area (Å²) in [4.78, 5) is 18.1. The average molecular weight is 284 g/mol. The fourth-order valence-electron chi connectivity index (χ4n) is 3.70. The Kier molecular flexibility index (Phi) is 3.19. The van der Waals surface area contributed by atoms with Gasteiger partial charge in [0.15, 0.2) is 0 Å². The van der Waals surface area contributed by atoms with Crippen molar-refractivity contribution in [1.82, 2.24) is 9.88 Å². The zero-order valence-electron chi connectivity index (χ0n) is 12.0. The first kappa shape index (κ1) is 12.9. The highest BCUT2D eigenvalue weighted by atomic mass is 16.5. The Bertz CT molecular complexity index is 664. The van der Waals surface area contributed by atoms with Crippen LogP contribution in [0.25, 0.3) is 10.9 Å². The van der Waals surface area contributed by atoms with Crippen LogP contribution < -0.4 is 0 Å². The van der Waals surface area contributed by atoms with E-state index in [-0.39, 0.29) is 18.1 Å². The van der Waals surface area contributed by atoms with Crippen molar-refractivity contribution in [3.63, 3.8) is 0 Å². The van der Waals surface area contributed by atoms with Gasteiger partial charge in [-0.15, -0.1) is 0 Å². The molecule has 4 rings (SSSR count). The zero-order chi connectivity index (χ0) is 14.2. The van der Waals surface area contributed by atoms with Crippen LogP contribution in [0.2, 0.25) is 0 Å². The maximum absolute atomic E-state index is 12.9. The van der Waals surface area contributed by atoms with E-state index in [2.05, 4.69) is 9.88 Å². The molecular weight excluding hydrogens is 264 g/mol. The van der Waals surface area contributed by atoms with E-state index >= 15 is 0 Å². The fraction of sp³-hybridized carbons (Fsp3) is 0.471. The first-order valence-electron chi connectivity index (χ1n) is 7.83. The molecule has 1 amide bonds. The normalized spacial score (nSPS) is 25.8. The standard InChI is InChI=1S/C17H20N2O2/c20-17(13-5-6-14-12(11-13)7-8-18-14)19-9-2-10-21-16-4-1-3-15(16)19/h5-8,11,15-16,18H,1-4,9-10H2/t15-,16+/m0/s1. The van der Waals surface area contributed by atoms with Crippen LogP contribution in [-0.4, -0.2) is 41.1 Å². The van der Waals surface area contributed by atoms with Gasteiger partial charge >= 0.3 is 0 Å². The van der Waals surface area contributed by atoms with Gasteiger partial charge in [-0.2, -0.15) is 0 Å². The lowest BCUT2D eigenvalue weighted by Gasteiger charge is -2.30. The van der Waals surface area contributed by atoms with E-state index in [9.17, 15) is 4.79 Å². The summed E-state index contributed by atoms with van der Waals surface area (Å²) in [5, 5.41) is 1.09. The minimum Gasteiger partial charge on any atom is -0.376 e. The first-order valence-corrected chi connectivity index (χ1v) is 7.83. The number of nitrogens with zero attached hydrogens (tertiary/aromatic N) is 1. The molecule has 0 bridgehead atoms. The third-order valence-corrected chi connectivity index (χ3v) is 4.75. The molecule has 1 saturated heterocycles. The smallest absolute Gasteiger partial charge is 0.254 e. The minimum atomic E-state index is 0.153. The van der Waals surface area contributed by atoms with E-state index in [4.69, 9.17) is 4.74 Å². The zero-order valence-corrected chi connectivity index (χ0v) is 12.0. The van der Waals surface area contributed by atoms with Crippen molar-refractivity contribution < 1.29 is 9.53 Å². The monoisotopic (exact) mass is 284 g/mol. The fourth-order valence-corrected chi connectivity index (χ4v) is 3.70. The van der Waals surface area contributed by atoms with Crippen LogP contribution >= 0.6 is 0 Å². The predicted molar refractivity (Wildman–Crippen MR) is 81.3 cm³/mol. The number of carbonyl (C=O) groups excluding carboxylic acids is 1. The topological polar surface area (TPSA) is 45.3 Å². The molecule has 4 nitrogen and oxygen atoms in total. The highest BCUT2D eigenvalue weighted by molar-refractivity contribution is 5.98. The van der Waals surface area contributed by atoms with Crippen molar-refractivity contribution in [3.8, 4) is 0 Å². The Morgan fingerprint density at radius 1 is 1.24 bits per heavy atom. The SMILES string of the molecule is O=C(c1ccc2[nH]ccc2c1)N1CCCO[C@@H]2CCC[C@@H]21. The quantitative estimate of drug-likeness (QED) is 0.875. The van der Waals surface area contributed by atoms with Crippen molar-refractivity contribution in [1.29, 1.82) is 0 Å². The Morgan fingerprint density at radius 3 is 3.14 bits per heavy atom. The molecule has 21 heavy (non-hydrogen) atoms. The van der Waals surface area contributed by atoms with Crippen LogP contribution in [0.5, 0.6) is 0 Å².